The quantitative estimate of drug-likeness (QED) is 0.729. The maximum atomic E-state index is 6.44. The Kier molecular flexibility index (Phi) is 6.09. The monoisotopic (exact) mass is 400 g/mol. The summed E-state index contributed by atoms with van der Waals surface area (Å²) >= 11 is 1.69. The minimum absolute atomic E-state index is 0.0870. The third-order valence-corrected chi connectivity index (χ3v) is 6.24. The lowest BCUT2D eigenvalue weighted by atomic mass is 9.97. The molecule has 2 aromatic carbocycles. The van der Waals surface area contributed by atoms with E-state index in [1.807, 2.05) is 36.4 Å². The lowest BCUT2D eigenvalue weighted by Crippen LogP contribution is -2.64. The molecule has 4 nitrogen and oxygen atoms in total. The van der Waals surface area contributed by atoms with Gasteiger partial charge in [-0.3, -0.25) is 0 Å². The van der Waals surface area contributed by atoms with E-state index in [-0.39, 0.29) is 35.5 Å². The molecule has 0 bridgehead atoms. The van der Waals surface area contributed by atoms with Gasteiger partial charge in [0.2, 0.25) is 0 Å². The standard InChI is InChI=1S/C23H28O4S/c1-16-19(24-14-17-10-6-4-7-11-17)20-21(27-23(2,3)15-25-20)22(26-16)28-18-12-8-5-9-13-18/h4-13,16,19-22H,14-15H2,1-3H3/t16-,19-,20+,21+,22-/m0/s1. The number of hydrogen-bond acceptors (Lipinski definition) is 5. The van der Waals surface area contributed by atoms with Crippen molar-refractivity contribution >= 4 is 11.8 Å². The fourth-order valence-electron chi connectivity index (χ4n) is 3.71. The molecule has 0 saturated carbocycles. The number of fused-ring (bicyclic) bond motifs is 1. The van der Waals surface area contributed by atoms with Gasteiger partial charge < -0.3 is 18.9 Å². The van der Waals surface area contributed by atoms with Gasteiger partial charge in [0, 0.05) is 4.90 Å². The molecule has 5 atom stereocenters. The van der Waals surface area contributed by atoms with Crippen LogP contribution in [0, 0.1) is 0 Å². The Morgan fingerprint density at radius 3 is 2.39 bits per heavy atom. The molecule has 0 amide bonds. The first-order valence-corrected chi connectivity index (χ1v) is 10.7. The topological polar surface area (TPSA) is 36.9 Å². The van der Waals surface area contributed by atoms with Crippen LogP contribution in [0.1, 0.15) is 26.3 Å². The van der Waals surface area contributed by atoms with E-state index in [4.69, 9.17) is 18.9 Å². The summed E-state index contributed by atoms with van der Waals surface area (Å²) < 4.78 is 25.4. The maximum absolute atomic E-state index is 6.44. The predicted molar refractivity (Wildman–Crippen MR) is 110 cm³/mol. The summed E-state index contributed by atoms with van der Waals surface area (Å²) in [7, 11) is 0. The van der Waals surface area contributed by atoms with Crippen molar-refractivity contribution in [3.63, 3.8) is 0 Å². The van der Waals surface area contributed by atoms with Crippen LogP contribution in [0.25, 0.3) is 0 Å². The Morgan fingerprint density at radius 2 is 1.68 bits per heavy atom. The van der Waals surface area contributed by atoms with E-state index in [9.17, 15) is 0 Å². The van der Waals surface area contributed by atoms with Gasteiger partial charge in [0.05, 0.1) is 24.9 Å². The molecule has 5 heteroatoms. The van der Waals surface area contributed by atoms with Crippen LogP contribution in [-0.2, 0) is 25.6 Å². The van der Waals surface area contributed by atoms with Crippen LogP contribution in [0.15, 0.2) is 65.6 Å². The van der Waals surface area contributed by atoms with Gasteiger partial charge >= 0.3 is 0 Å². The summed E-state index contributed by atoms with van der Waals surface area (Å²) in [6.07, 6.45) is -0.599. The Bertz CT molecular complexity index is 752. The van der Waals surface area contributed by atoms with Crippen molar-refractivity contribution in [3.8, 4) is 0 Å². The van der Waals surface area contributed by atoms with Gasteiger partial charge in [-0.15, -0.1) is 0 Å². The highest BCUT2D eigenvalue weighted by molar-refractivity contribution is 7.99. The second-order valence-electron chi connectivity index (χ2n) is 8.02. The second-order valence-corrected chi connectivity index (χ2v) is 9.19. The zero-order chi connectivity index (χ0) is 19.6. The summed E-state index contributed by atoms with van der Waals surface area (Å²) in [4.78, 5) is 1.16. The number of thioether (sulfide) groups is 1. The summed E-state index contributed by atoms with van der Waals surface area (Å²) in [6, 6.07) is 20.5. The predicted octanol–water partition coefficient (Wildman–Crippen LogP) is 4.67. The van der Waals surface area contributed by atoms with Crippen molar-refractivity contribution in [1.29, 1.82) is 0 Å². The third kappa shape index (κ3) is 4.61. The molecule has 2 aromatic rings. The molecule has 2 saturated heterocycles. The average Bonchev–Trinajstić information content (AvgIpc) is 2.69. The third-order valence-electron chi connectivity index (χ3n) is 5.09. The minimum Gasteiger partial charge on any atom is -0.370 e. The zero-order valence-electron chi connectivity index (χ0n) is 16.6. The van der Waals surface area contributed by atoms with E-state index in [1.165, 1.54) is 0 Å². The van der Waals surface area contributed by atoms with E-state index in [1.54, 1.807) is 11.8 Å². The molecule has 0 radical (unpaired) electrons. The lowest BCUT2D eigenvalue weighted by molar-refractivity contribution is -0.302. The van der Waals surface area contributed by atoms with Gasteiger partial charge in [-0.2, -0.15) is 0 Å². The normalized spacial score (nSPS) is 31.9. The summed E-state index contributed by atoms with van der Waals surface area (Å²) in [6.45, 7) is 7.27. The molecule has 0 N–H and O–H groups in total. The van der Waals surface area contributed by atoms with Crippen LogP contribution >= 0.6 is 11.8 Å². The molecule has 150 valence electrons. The lowest BCUT2D eigenvalue weighted by Gasteiger charge is -2.51. The first-order valence-electron chi connectivity index (χ1n) is 9.84. The number of hydrogen-bond donors (Lipinski definition) is 0. The Hall–Kier alpha value is -1.37. The van der Waals surface area contributed by atoms with Crippen molar-refractivity contribution in [2.75, 3.05) is 6.61 Å². The molecule has 2 fully saturated rings. The van der Waals surface area contributed by atoms with Gasteiger partial charge in [0.15, 0.2) is 0 Å². The van der Waals surface area contributed by atoms with E-state index in [0.717, 1.165) is 10.5 Å². The van der Waals surface area contributed by atoms with Crippen molar-refractivity contribution in [3.05, 3.63) is 66.2 Å². The molecule has 0 aliphatic carbocycles. The molecule has 0 spiro atoms. The fraction of sp³-hybridized carbons (Fsp3) is 0.478. The van der Waals surface area contributed by atoms with Gasteiger partial charge in [-0.05, 0) is 38.5 Å². The number of ether oxygens (including phenoxy) is 4. The summed E-state index contributed by atoms with van der Waals surface area (Å²) in [5.41, 5.74) is 0.660. The van der Waals surface area contributed by atoms with Gasteiger partial charge in [-0.25, -0.2) is 0 Å². The van der Waals surface area contributed by atoms with Crippen molar-refractivity contribution in [2.45, 2.75) is 67.7 Å². The molecule has 2 aliphatic heterocycles. The highest BCUT2D eigenvalue weighted by Crippen LogP contribution is 2.41. The Labute approximate surface area is 171 Å². The number of benzene rings is 2. The second kappa shape index (κ2) is 8.56. The fourth-order valence-corrected chi connectivity index (χ4v) is 4.87. The summed E-state index contributed by atoms with van der Waals surface area (Å²) in [5.74, 6) is 0. The van der Waals surface area contributed by atoms with Crippen molar-refractivity contribution < 1.29 is 18.9 Å². The first-order chi connectivity index (χ1) is 13.5. The molecule has 0 aromatic heterocycles. The van der Waals surface area contributed by atoms with Crippen molar-refractivity contribution in [2.24, 2.45) is 0 Å². The van der Waals surface area contributed by atoms with Crippen LogP contribution < -0.4 is 0 Å². The molecule has 28 heavy (non-hydrogen) atoms. The number of rotatable bonds is 5. The van der Waals surface area contributed by atoms with Crippen LogP contribution in [0.5, 0.6) is 0 Å². The average molecular weight is 401 g/mol. The Morgan fingerprint density at radius 1 is 1.00 bits per heavy atom. The molecule has 0 unspecified atom stereocenters. The van der Waals surface area contributed by atoms with Crippen LogP contribution in [0.3, 0.4) is 0 Å². The molecule has 4 rings (SSSR count). The SMILES string of the molecule is C[C@@H]1O[C@@H](Sc2ccccc2)[C@@H]2OC(C)(C)CO[C@@H]2[C@H]1OCc1ccccc1. The maximum Gasteiger partial charge on any atom is 0.136 e. The summed E-state index contributed by atoms with van der Waals surface area (Å²) in [5, 5.41) is 0. The van der Waals surface area contributed by atoms with E-state index in [2.05, 4.69) is 45.0 Å². The van der Waals surface area contributed by atoms with Gasteiger partial charge in [0.1, 0.15) is 23.7 Å². The first kappa shape index (κ1) is 19.9. The van der Waals surface area contributed by atoms with Gasteiger partial charge in [0.25, 0.3) is 0 Å². The van der Waals surface area contributed by atoms with Crippen molar-refractivity contribution in [1.82, 2.24) is 0 Å². The highest BCUT2D eigenvalue weighted by atomic mass is 32.2. The Balaban J connectivity index is 1.51. The van der Waals surface area contributed by atoms with Crippen LogP contribution in [0.2, 0.25) is 0 Å². The van der Waals surface area contributed by atoms with E-state index >= 15 is 0 Å². The van der Waals surface area contributed by atoms with Gasteiger partial charge in [-0.1, -0.05) is 60.3 Å². The zero-order valence-corrected chi connectivity index (χ0v) is 17.4. The van der Waals surface area contributed by atoms with Crippen LogP contribution in [0.4, 0.5) is 0 Å². The smallest absolute Gasteiger partial charge is 0.136 e. The molecular formula is C23H28O4S. The molecule has 2 heterocycles. The van der Waals surface area contributed by atoms with Crippen LogP contribution in [-0.4, -0.2) is 42.1 Å². The van der Waals surface area contributed by atoms with E-state index in [0.29, 0.717) is 13.2 Å². The van der Waals surface area contributed by atoms with E-state index < -0.39 is 0 Å². The molecule has 2 aliphatic rings. The largest absolute Gasteiger partial charge is 0.370 e. The minimum atomic E-state index is -0.343. The molecular weight excluding hydrogens is 372 g/mol. The highest BCUT2D eigenvalue weighted by Gasteiger charge is 2.51.